The van der Waals surface area contributed by atoms with Gasteiger partial charge < -0.3 is 15.4 Å². The molecule has 0 aromatic heterocycles. The molecular formula is C27H23Cl2N3O4. The van der Waals surface area contributed by atoms with Crippen molar-refractivity contribution in [2.24, 2.45) is 0 Å². The van der Waals surface area contributed by atoms with E-state index in [1.165, 1.54) is 0 Å². The lowest BCUT2D eigenvalue weighted by atomic mass is 10.1. The van der Waals surface area contributed by atoms with Crippen molar-refractivity contribution >= 4 is 46.6 Å². The molecule has 4 rings (SSSR count). The Morgan fingerprint density at radius 1 is 0.917 bits per heavy atom. The number of benzene rings is 3. The molecule has 9 heteroatoms. The number of amides is 3. The summed E-state index contributed by atoms with van der Waals surface area (Å²) >= 11 is 12.1. The zero-order valence-electron chi connectivity index (χ0n) is 19.6. The number of hydrogen-bond acceptors (Lipinski definition) is 5. The molecule has 1 heterocycles. The number of hydrogen-bond donors (Lipinski definition) is 2. The van der Waals surface area contributed by atoms with Crippen molar-refractivity contribution in [3.63, 3.8) is 0 Å². The summed E-state index contributed by atoms with van der Waals surface area (Å²) in [6.07, 6.45) is 0. The summed E-state index contributed by atoms with van der Waals surface area (Å²) in [7, 11) is 1.55. The molecule has 3 aromatic carbocycles. The largest absolute Gasteiger partial charge is 0.495 e. The second-order valence-electron chi connectivity index (χ2n) is 8.22. The number of carbonyl (C=O) groups is 3. The average Bonchev–Trinajstić information content (AvgIpc) is 3.07. The standard InChI is InChI=1S/C27H23Cl2N3O4/c1-16-3-12-22(36-2)21(13-16)31-25(33)19-8-4-17(5-9-19)14-30-24-23(29)26(34)32(27(24)35)15-18-6-10-20(28)11-7-18/h3-13,30H,14-15H2,1-2H3,(H,31,33). The van der Waals surface area contributed by atoms with E-state index in [2.05, 4.69) is 10.6 Å². The van der Waals surface area contributed by atoms with Crippen LogP contribution in [0.4, 0.5) is 5.69 Å². The van der Waals surface area contributed by atoms with Crippen LogP contribution in [-0.4, -0.2) is 29.7 Å². The molecule has 2 N–H and O–H groups in total. The second-order valence-corrected chi connectivity index (χ2v) is 9.03. The minimum atomic E-state index is -0.558. The van der Waals surface area contributed by atoms with E-state index in [9.17, 15) is 14.4 Å². The Bertz CT molecular complexity index is 1350. The summed E-state index contributed by atoms with van der Waals surface area (Å²) in [4.78, 5) is 39.1. The van der Waals surface area contributed by atoms with Gasteiger partial charge in [-0.15, -0.1) is 0 Å². The fraction of sp³-hybridized carbons (Fsp3) is 0.148. The average molecular weight is 524 g/mol. The molecule has 3 aromatic rings. The monoisotopic (exact) mass is 523 g/mol. The smallest absolute Gasteiger partial charge is 0.278 e. The van der Waals surface area contributed by atoms with Crippen molar-refractivity contribution in [2.75, 3.05) is 12.4 Å². The molecule has 3 amide bonds. The van der Waals surface area contributed by atoms with Gasteiger partial charge in [0.15, 0.2) is 0 Å². The van der Waals surface area contributed by atoms with Gasteiger partial charge >= 0.3 is 0 Å². The van der Waals surface area contributed by atoms with E-state index >= 15 is 0 Å². The van der Waals surface area contributed by atoms with E-state index < -0.39 is 11.8 Å². The molecule has 1 aliphatic heterocycles. The summed E-state index contributed by atoms with van der Waals surface area (Å²) in [5.41, 5.74) is 3.64. The third-order valence-electron chi connectivity index (χ3n) is 5.65. The van der Waals surface area contributed by atoms with E-state index in [4.69, 9.17) is 27.9 Å². The van der Waals surface area contributed by atoms with Crippen molar-refractivity contribution in [1.82, 2.24) is 10.2 Å². The number of aryl methyl sites for hydroxylation is 1. The minimum Gasteiger partial charge on any atom is -0.495 e. The van der Waals surface area contributed by atoms with Crippen molar-refractivity contribution < 1.29 is 19.1 Å². The van der Waals surface area contributed by atoms with Crippen molar-refractivity contribution in [3.8, 4) is 5.75 Å². The SMILES string of the molecule is COc1ccc(C)cc1NC(=O)c1ccc(CNC2=C(Cl)C(=O)N(Cc3ccc(Cl)cc3)C2=O)cc1. The number of nitrogens with one attached hydrogen (secondary N) is 2. The summed E-state index contributed by atoms with van der Waals surface area (Å²) < 4.78 is 5.31. The Morgan fingerprint density at radius 3 is 2.25 bits per heavy atom. The highest BCUT2D eigenvalue weighted by molar-refractivity contribution is 6.47. The number of ether oxygens (including phenoxy) is 1. The lowest BCUT2D eigenvalue weighted by Crippen LogP contribution is -2.33. The molecule has 184 valence electrons. The fourth-order valence-corrected chi connectivity index (χ4v) is 4.07. The van der Waals surface area contributed by atoms with E-state index in [-0.39, 0.29) is 29.7 Å². The molecule has 0 saturated heterocycles. The first kappa shape index (κ1) is 25.3. The highest BCUT2D eigenvalue weighted by Gasteiger charge is 2.37. The maximum Gasteiger partial charge on any atom is 0.278 e. The molecule has 0 bridgehead atoms. The third kappa shape index (κ3) is 5.53. The Hall–Kier alpha value is -3.81. The molecule has 0 spiro atoms. The molecule has 0 atom stereocenters. The number of methoxy groups -OCH3 is 1. The van der Waals surface area contributed by atoms with Crippen LogP contribution in [0.2, 0.25) is 5.02 Å². The maximum absolute atomic E-state index is 12.8. The van der Waals surface area contributed by atoms with Crippen LogP contribution in [0.15, 0.2) is 77.5 Å². The van der Waals surface area contributed by atoms with Gasteiger partial charge in [-0.05, 0) is 60.0 Å². The molecule has 7 nitrogen and oxygen atoms in total. The quantitative estimate of drug-likeness (QED) is 0.405. The molecule has 36 heavy (non-hydrogen) atoms. The van der Waals surface area contributed by atoms with Gasteiger partial charge in [-0.3, -0.25) is 19.3 Å². The first-order valence-electron chi connectivity index (χ1n) is 11.1. The van der Waals surface area contributed by atoms with E-state index in [0.29, 0.717) is 22.0 Å². The van der Waals surface area contributed by atoms with Crippen LogP contribution < -0.4 is 15.4 Å². The molecule has 0 radical (unpaired) electrons. The lowest BCUT2D eigenvalue weighted by Gasteiger charge is -2.15. The Balaban J connectivity index is 1.38. The van der Waals surface area contributed by atoms with Gasteiger partial charge in [0.1, 0.15) is 16.5 Å². The maximum atomic E-state index is 12.8. The van der Waals surface area contributed by atoms with Crippen LogP contribution in [0.5, 0.6) is 5.75 Å². The molecule has 0 unspecified atom stereocenters. The fourth-order valence-electron chi connectivity index (χ4n) is 3.69. The van der Waals surface area contributed by atoms with Gasteiger partial charge in [0.05, 0.1) is 19.3 Å². The van der Waals surface area contributed by atoms with Gasteiger partial charge in [0.2, 0.25) is 0 Å². The van der Waals surface area contributed by atoms with Crippen molar-refractivity contribution in [1.29, 1.82) is 0 Å². The molecular weight excluding hydrogens is 501 g/mol. The predicted octanol–water partition coefficient (Wildman–Crippen LogP) is 5.02. The lowest BCUT2D eigenvalue weighted by molar-refractivity contribution is -0.138. The normalized spacial score (nSPS) is 13.3. The number of carbonyl (C=O) groups excluding carboxylic acids is 3. The van der Waals surface area contributed by atoms with Crippen LogP contribution in [0.25, 0.3) is 0 Å². The van der Waals surface area contributed by atoms with Crippen LogP contribution in [0.3, 0.4) is 0 Å². The Labute approximate surface area is 218 Å². The number of anilines is 1. The Morgan fingerprint density at radius 2 is 1.58 bits per heavy atom. The van der Waals surface area contributed by atoms with Gasteiger partial charge in [-0.25, -0.2) is 0 Å². The van der Waals surface area contributed by atoms with Gasteiger partial charge in [-0.1, -0.05) is 53.5 Å². The Kier molecular flexibility index (Phi) is 7.62. The van der Waals surface area contributed by atoms with Gasteiger partial charge in [0, 0.05) is 17.1 Å². The number of nitrogens with zero attached hydrogens (tertiary/aromatic N) is 1. The van der Waals surface area contributed by atoms with Crippen LogP contribution in [0, 0.1) is 6.92 Å². The van der Waals surface area contributed by atoms with Crippen LogP contribution >= 0.6 is 23.2 Å². The van der Waals surface area contributed by atoms with Crippen LogP contribution in [0.1, 0.15) is 27.0 Å². The first-order valence-corrected chi connectivity index (χ1v) is 11.8. The summed E-state index contributed by atoms with van der Waals surface area (Å²) in [6, 6.07) is 19.3. The highest BCUT2D eigenvalue weighted by atomic mass is 35.5. The molecule has 1 aliphatic rings. The molecule has 0 saturated carbocycles. The second kappa shape index (κ2) is 10.8. The summed E-state index contributed by atoms with van der Waals surface area (Å²) in [5, 5.41) is 6.23. The van der Waals surface area contributed by atoms with E-state index in [1.54, 1.807) is 61.7 Å². The van der Waals surface area contributed by atoms with Gasteiger partial charge in [-0.2, -0.15) is 0 Å². The van der Waals surface area contributed by atoms with Crippen molar-refractivity contribution in [3.05, 3.63) is 105 Å². The first-order chi connectivity index (χ1) is 17.3. The molecule has 0 aliphatic carbocycles. The van der Waals surface area contributed by atoms with E-state index in [0.717, 1.165) is 21.6 Å². The number of rotatable bonds is 8. The number of imide groups is 1. The number of halogens is 2. The van der Waals surface area contributed by atoms with Gasteiger partial charge in [0.25, 0.3) is 17.7 Å². The van der Waals surface area contributed by atoms with E-state index in [1.807, 2.05) is 19.1 Å². The highest BCUT2D eigenvalue weighted by Crippen LogP contribution is 2.27. The van der Waals surface area contributed by atoms with Crippen LogP contribution in [-0.2, 0) is 22.7 Å². The topological polar surface area (TPSA) is 87.7 Å². The summed E-state index contributed by atoms with van der Waals surface area (Å²) in [6.45, 7) is 2.26. The predicted molar refractivity (Wildman–Crippen MR) is 139 cm³/mol. The molecule has 0 fully saturated rings. The minimum absolute atomic E-state index is 0.0454. The zero-order chi connectivity index (χ0) is 25.8. The zero-order valence-corrected chi connectivity index (χ0v) is 21.1. The summed E-state index contributed by atoms with van der Waals surface area (Å²) in [5.74, 6) is -0.764. The van der Waals surface area contributed by atoms with Crippen molar-refractivity contribution in [2.45, 2.75) is 20.0 Å². The third-order valence-corrected chi connectivity index (χ3v) is 6.26.